The highest BCUT2D eigenvalue weighted by atomic mass is 19.3. The second-order valence-electron chi connectivity index (χ2n) is 3.54. The molecule has 1 aromatic rings. The Bertz CT molecular complexity index is 422. The molecule has 17 heavy (non-hydrogen) atoms. The first-order valence-electron chi connectivity index (χ1n) is 5.03. The lowest BCUT2D eigenvalue weighted by Crippen LogP contribution is -2.14. The van der Waals surface area contributed by atoms with E-state index in [1.807, 2.05) is 0 Å². The number of esters is 1. The standard InChI is InChI=1S/C11H14F2N2O2/c1-6-5-15-10(11(12)13)8(4-14)7(6)3-9(16)17-2/h5,11H,3-4,14H2,1-2H3. The van der Waals surface area contributed by atoms with Crippen molar-refractivity contribution < 1.29 is 18.3 Å². The number of halogens is 2. The van der Waals surface area contributed by atoms with Crippen LogP contribution in [-0.4, -0.2) is 18.1 Å². The second kappa shape index (κ2) is 5.67. The van der Waals surface area contributed by atoms with E-state index in [4.69, 9.17) is 5.73 Å². The number of alkyl halides is 2. The maximum Gasteiger partial charge on any atom is 0.310 e. The van der Waals surface area contributed by atoms with Crippen molar-refractivity contribution in [3.05, 3.63) is 28.6 Å². The zero-order valence-corrected chi connectivity index (χ0v) is 9.67. The van der Waals surface area contributed by atoms with Crippen LogP contribution < -0.4 is 5.73 Å². The summed E-state index contributed by atoms with van der Waals surface area (Å²) in [6.45, 7) is 1.61. The molecule has 0 fully saturated rings. The summed E-state index contributed by atoms with van der Waals surface area (Å²) >= 11 is 0. The zero-order valence-electron chi connectivity index (χ0n) is 9.67. The van der Waals surface area contributed by atoms with Gasteiger partial charge in [-0.15, -0.1) is 0 Å². The minimum Gasteiger partial charge on any atom is -0.469 e. The number of methoxy groups -OCH3 is 1. The number of aromatic nitrogens is 1. The van der Waals surface area contributed by atoms with Crippen molar-refractivity contribution in [1.82, 2.24) is 4.98 Å². The lowest BCUT2D eigenvalue weighted by molar-refractivity contribution is -0.139. The Kier molecular flexibility index (Phi) is 4.51. The molecule has 2 N–H and O–H groups in total. The predicted octanol–water partition coefficient (Wildman–Crippen LogP) is 1.50. The van der Waals surface area contributed by atoms with Crippen molar-refractivity contribution in [2.24, 2.45) is 5.73 Å². The van der Waals surface area contributed by atoms with Gasteiger partial charge in [-0.2, -0.15) is 0 Å². The van der Waals surface area contributed by atoms with Gasteiger partial charge in [0, 0.05) is 12.7 Å². The summed E-state index contributed by atoms with van der Waals surface area (Å²) in [5.74, 6) is -0.491. The Labute approximate surface area is 97.8 Å². The molecule has 0 saturated carbocycles. The van der Waals surface area contributed by atoms with Crippen molar-refractivity contribution in [3.8, 4) is 0 Å². The van der Waals surface area contributed by atoms with Gasteiger partial charge in [0.25, 0.3) is 6.43 Å². The molecule has 0 radical (unpaired) electrons. The van der Waals surface area contributed by atoms with Gasteiger partial charge in [0.2, 0.25) is 0 Å². The maximum absolute atomic E-state index is 12.7. The Morgan fingerprint density at radius 1 is 1.53 bits per heavy atom. The van der Waals surface area contributed by atoms with Crippen LogP contribution in [0.25, 0.3) is 0 Å². The third-order valence-corrected chi connectivity index (χ3v) is 2.51. The monoisotopic (exact) mass is 244 g/mol. The van der Waals surface area contributed by atoms with Gasteiger partial charge in [-0.25, -0.2) is 8.78 Å². The number of nitrogens with zero attached hydrogens (tertiary/aromatic N) is 1. The summed E-state index contributed by atoms with van der Waals surface area (Å²) in [6, 6.07) is 0. The Balaban J connectivity index is 3.25. The number of carbonyl (C=O) groups is 1. The number of aryl methyl sites for hydroxylation is 1. The van der Waals surface area contributed by atoms with E-state index in [1.165, 1.54) is 13.3 Å². The fourth-order valence-electron chi connectivity index (χ4n) is 1.59. The lowest BCUT2D eigenvalue weighted by Gasteiger charge is -2.14. The minimum atomic E-state index is -2.70. The number of ether oxygens (including phenoxy) is 1. The maximum atomic E-state index is 12.7. The first kappa shape index (κ1) is 13.5. The molecule has 0 aliphatic heterocycles. The Morgan fingerprint density at radius 2 is 2.18 bits per heavy atom. The molecule has 0 aliphatic carbocycles. The van der Waals surface area contributed by atoms with Gasteiger partial charge in [-0.05, 0) is 23.6 Å². The molecule has 6 heteroatoms. The normalized spacial score (nSPS) is 10.7. The molecule has 4 nitrogen and oxygen atoms in total. The number of hydrogen-bond donors (Lipinski definition) is 1. The third-order valence-electron chi connectivity index (χ3n) is 2.51. The van der Waals surface area contributed by atoms with E-state index < -0.39 is 12.4 Å². The first-order valence-corrected chi connectivity index (χ1v) is 5.03. The fraction of sp³-hybridized carbons (Fsp3) is 0.455. The number of nitrogens with two attached hydrogens (primary N) is 1. The smallest absolute Gasteiger partial charge is 0.310 e. The summed E-state index contributed by atoms with van der Waals surface area (Å²) in [4.78, 5) is 14.9. The lowest BCUT2D eigenvalue weighted by atomic mass is 9.99. The minimum absolute atomic E-state index is 0.0723. The molecule has 0 aromatic carbocycles. The van der Waals surface area contributed by atoms with Gasteiger partial charge >= 0.3 is 5.97 Å². The third kappa shape index (κ3) is 2.97. The van der Waals surface area contributed by atoms with Crippen LogP contribution >= 0.6 is 0 Å². The van der Waals surface area contributed by atoms with Gasteiger partial charge in [0.05, 0.1) is 13.5 Å². The van der Waals surface area contributed by atoms with Gasteiger partial charge in [-0.3, -0.25) is 9.78 Å². The first-order chi connectivity index (χ1) is 8.01. The molecule has 0 amide bonds. The molecule has 1 rings (SSSR count). The van der Waals surface area contributed by atoms with Crippen LogP contribution in [0.3, 0.4) is 0 Å². The number of rotatable bonds is 4. The van der Waals surface area contributed by atoms with E-state index in [-0.39, 0.29) is 24.2 Å². The summed E-state index contributed by atoms with van der Waals surface area (Å²) in [5.41, 5.74) is 6.44. The highest BCUT2D eigenvalue weighted by Gasteiger charge is 2.20. The zero-order chi connectivity index (χ0) is 13.0. The average molecular weight is 244 g/mol. The summed E-state index contributed by atoms with van der Waals surface area (Å²) in [5, 5.41) is 0. The van der Waals surface area contributed by atoms with Crippen molar-refractivity contribution in [1.29, 1.82) is 0 Å². The van der Waals surface area contributed by atoms with Crippen molar-refractivity contribution in [3.63, 3.8) is 0 Å². The molecule has 0 saturated heterocycles. The molecule has 0 spiro atoms. The van der Waals surface area contributed by atoms with Crippen LogP contribution in [-0.2, 0) is 22.5 Å². The van der Waals surface area contributed by atoms with E-state index >= 15 is 0 Å². The van der Waals surface area contributed by atoms with E-state index in [2.05, 4.69) is 9.72 Å². The molecular formula is C11H14F2N2O2. The van der Waals surface area contributed by atoms with Crippen molar-refractivity contribution in [2.75, 3.05) is 7.11 Å². The van der Waals surface area contributed by atoms with Crippen molar-refractivity contribution >= 4 is 5.97 Å². The number of hydrogen-bond acceptors (Lipinski definition) is 4. The van der Waals surface area contributed by atoms with Crippen LogP contribution in [0.5, 0.6) is 0 Å². The molecule has 0 bridgehead atoms. The van der Waals surface area contributed by atoms with Crippen LogP contribution in [0.2, 0.25) is 0 Å². The number of carbonyl (C=O) groups excluding carboxylic acids is 1. The molecular weight excluding hydrogens is 230 g/mol. The summed E-state index contributed by atoms with van der Waals surface area (Å²) in [7, 11) is 1.25. The summed E-state index contributed by atoms with van der Waals surface area (Å²) in [6.07, 6.45) is -1.46. The number of pyridine rings is 1. The van der Waals surface area contributed by atoms with Gasteiger partial charge in [0.1, 0.15) is 5.69 Å². The van der Waals surface area contributed by atoms with Crippen LogP contribution in [0, 0.1) is 6.92 Å². The van der Waals surface area contributed by atoms with Crippen molar-refractivity contribution in [2.45, 2.75) is 26.3 Å². The van der Waals surface area contributed by atoms with Gasteiger partial charge in [0.15, 0.2) is 0 Å². The van der Waals surface area contributed by atoms with E-state index in [0.717, 1.165) is 0 Å². The van der Waals surface area contributed by atoms with Gasteiger partial charge in [-0.1, -0.05) is 0 Å². The molecule has 1 aromatic heterocycles. The second-order valence-corrected chi connectivity index (χ2v) is 3.54. The average Bonchev–Trinajstić information content (AvgIpc) is 2.30. The molecule has 94 valence electrons. The summed E-state index contributed by atoms with van der Waals surface area (Å²) < 4.78 is 29.9. The molecule has 0 atom stereocenters. The SMILES string of the molecule is COC(=O)Cc1c(C)cnc(C(F)F)c1CN. The highest BCUT2D eigenvalue weighted by Crippen LogP contribution is 2.25. The Hall–Kier alpha value is -1.56. The van der Waals surface area contributed by atoms with Crippen LogP contribution in [0.1, 0.15) is 28.8 Å². The van der Waals surface area contributed by atoms with Crippen LogP contribution in [0.15, 0.2) is 6.20 Å². The van der Waals surface area contributed by atoms with Crippen LogP contribution in [0.4, 0.5) is 8.78 Å². The molecule has 0 aliphatic rings. The Morgan fingerprint density at radius 3 is 2.65 bits per heavy atom. The molecule has 1 heterocycles. The van der Waals surface area contributed by atoms with Gasteiger partial charge < -0.3 is 10.5 Å². The highest BCUT2D eigenvalue weighted by molar-refractivity contribution is 5.73. The van der Waals surface area contributed by atoms with E-state index in [1.54, 1.807) is 6.92 Å². The fourth-order valence-corrected chi connectivity index (χ4v) is 1.59. The van der Waals surface area contributed by atoms with E-state index in [9.17, 15) is 13.6 Å². The topological polar surface area (TPSA) is 65.2 Å². The molecule has 0 unspecified atom stereocenters. The largest absolute Gasteiger partial charge is 0.469 e. The quantitative estimate of drug-likeness (QED) is 0.815. The van der Waals surface area contributed by atoms with E-state index in [0.29, 0.717) is 11.1 Å². The predicted molar refractivity (Wildman–Crippen MR) is 57.5 cm³/mol.